The smallest absolute Gasteiger partial charge is 0.238 e. The fourth-order valence-corrected chi connectivity index (χ4v) is 4.68. The summed E-state index contributed by atoms with van der Waals surface area (Å²) in [5, 5.41) is 13.0. The normalized spacial score (nSPS) is 17.5. The number of anilines is 1. The molecule has 0 spiro atoms. The van der Waals surface area contributed by atoms with E-state index < -0.39 is 0 Å². The summed E-state index contributed by atoms with van der Waals surface area (Å²) in [6.45, 7) is 1.23. The van der Waals surface area contributed by atoms with Gasteiger partial charge in [-0.1, -0.05) is 24.6 Å². The molecule has 1 aliphatic rings. The fraction of sp³-hybridized carbons (Fsp3) is 0.286. The highest BCUT2D eigenvalue weighted by Crippen LogP contribution is 2.35. The molecular weight excluding hydrogens is 356 g/mol. The molecule has 1 aromatic heterocycles. The monoisotopic (exact) mass is 376 g/mol. The van der Waals surface area contributed by atoms with Crippen LogP contribution in [-0.4, -0.2) is 28.9 Å². The zero-order valence-corrected chi connectivity index (χ0v) is 15.7. The van der Waals surface area contributed by atoms with Gasteiger partial charge in [-0.3, -0.25) is 9.69 Å². The largest absolute Gasteiger partial charge is 0.325 e. The van der Waals surface area contributed by atoms with Crippen molar-refractivity contribution in [2.45, 2.75) is 25.3 Å². The Hall–Kier alpha value is -2.75. The number of hydrogen-bond donors (Lipinski definition) is 1. The number of nitrogens with one attached hydrogen (secondary N) is 1. The molecule has 0 radical (unpaired) electrons. The van der Waals surface area contributed by atoms with Gasteiger partial charge in [-0.2, -0.15) is 5.26 Å². The lowest BCUT2D eigenvalue weighted by Gasteiger charge is -2.33. The van der Waals surface area contributed by atoms with Crippen LogP contribution < -0.4 is 5.32 Å². The number of amides is 1. The van der Waals surface area contributed by atoms with E-state index in [0.29, 0.717) is 17.8 Å². The first kappa shape index (κ1) is 17.7. The first-order valence-corrected chi connectivity index (χ1v) is 9.94. The third kappa shape index (κ3) is 4.00. The molecule has 1 fully saturated rings. The second-order valence-corrected chi connectivity index (χ2v) is 7.80. The molecule has 0 bridgehead atoms. The fourth-order valence-electron chi connectivity index (χ4n) is 3.54. The predicted octanol–water partition coefficient (Wildman–Crippen LogP) is 4.33. The summed E-state index contributed by atoms with van der Waals surface area (Å²) in [6, 6.07) is 17.5. The van der Waals surface area contributed by atoms with Gasteiger partial charge in [-0.25, -0.2) is 4.98 Å². The molecule has 136 valence electrons. The summed E-state index contributed by atoms with van der Waals surface area (Å²) in [7, 11) is 0. The quantitative estimate of drug-likeness (QED) is 0.736. The van der Waals surface area contributed by atoms with E-state index in [-0.39, 0.29) is 11.9 Å². The van der Waals surface area contributed by atoms with Crippen molar-refractivity contribution in [2.24, 2.45) is 0 Å². The van der Waals surface area contributed by atoms with E-state index in [1.54, 1.807) is 35.6 Å². The van der Waals surface area contributed by atoms with Gasteiger partial charge in [0, 0.05) is 5.69 Å². The molecule has 1 N–H and O–H groups in total. The lowest BCUT2D eigenvalue weighted by atomic mass is 10.0. The van der Waals surface area contributed by atoms with Crippen LogP contribution in [0.2, 0.25) is 0 Å². The number of nitriles is 1. The Bertz CT molecular complexity index is 974. The maximum atomic E-state index is 12.6. The number of rotatable bonds is 4. The van der Waals surface area contributed by atoms with Gasteiger partial charge in [-0.05, 0) is 49.7 Å². The highest BCUT2D eigenvalue weighted by atomic mass is 32.1. The van der Waals surface area contributed by atoms with Crippen LogP contribution in [0.3, 0.4) is 0 Å². The van der Waals surface area contributed by atoms with Crippen LogP contribution in [-0.2, 0) is 4.79 Å². The average Bonchev–Trinajstić information content (AvgIpc) is 3.12. The number of para-hydroxylation sites is 1. The van der Waals surface area contributed by atoms with Crippen molar-refractivity contribution < 1.29 is 4.79 Å². The highest BCUT2D eigenvalue weighted by molar-refractivity contribution is 7.18. The molecule has 6 heteroatoms. The van der Waals surface area contributed by atoms with Gasteiger partial charge in [0.15, 0.2) is 0 Å². The Morgan fingerprint density at radius 3 is 3.00 bits per heavy atom. The minimum Gasteiger partial charge on any atom is -0.325 e. The number of thiazole rings is 1. The van der Waals surface area contributed by atoms with Crippen molar-refractivity contribution in [2.75, 3.05) is 18.4 Å². The van der Waals surface area contributed by atoms with Crippen molar-refractivity contribution in [1.29, 1.82) is 5.26 Å². The number of fused-ring (bicyclic) bond motifs is 1. The Kier molecular flexibility index (Phi) is 5.14. The Balaban J connectivity index is 1.48. The van der Waals surface area contributed by atoms with Gasteiger partial charge >= 0.3 is 0 Å². The second kappa shape index (κ2) is 7.87. The van der Waals surface area contributed by atoms with E-state index >= 15 is 0 Å². The third-order valence-electron chi connectivity index (χ3n) is 4.83. The molecule has 2 heterocycles. The van der Waals surface area contributed by atoms with Gasteiger partial charge in [0.25, 0.3) is 0 Å². The molecule has 0 saturated carbocycles. The summed E-state index contributed by atoms with van der Waals surface area (Å²) in [4.78, 5) is 19.6. The lowest BCUT2D eigenvalue weighted by molar-refractivity contribution is -0.118. The molecule has 0 unspecified atom stereocenters. The van der Waals surface area contributed by atoms with Gasteiger partial charge < -0.3 is 5.32 Å². The van der Waals surface area contributed by atoms with Crippen molar-refractivity contribution in [3.8, 4) is 6.07 Å². The number of benzene rings is 2. The number of piperidine rings is 1. The molecule has 2 aromatic carbocycles. The molecule has 1 aliphatic heterocycles. The summed E-state index contributed by atoms with van der Waals surface area (Å²) >= 11 is 1.72. The molecule has 1 atom stereocenters. The SMILES string of the molecule is N#Cc1cccc(NC(=O)CN2CCCC[C@H]2c2nc3ccccc3s2)c1. The van der Waals surface area contributed by atoms with E-state index in [0.717, 1.165) is 36.3 Å². The van der Waals surface area contributed by atoms with E-state index in [4.69, 9.17) is 10.2 Å². The van der Waals surface area contributed by atoms with E-state index in [1.807, 2.05) is 18.2 Å². The van der Waals surface area contributed by atoms with Crippen LogP contribution in [0.15, 0.2) is 48.5 Å². The topological polar surface area (TPSA) is 69.0 Å². The summed E-state index contributed by atoms with van der Waals surface area (Å²) in [6.07, 6.45) is 3.28. The zero-order valence-electron chi connectivity index (χ0n) is 14.9. The van der Waals surface area contributed by atoms with Crippen molar-refractivity contribution in [3.05, 3.63) is 59.1 Å². The van der Waals surface area contributed by atoms with Crippen LogP contribution in [0, 0.1) is 11.3 Å². The van der Waals surface area contributed by atoms with E-state index in [9.17, 15) is 4.79 Å². The van der Waals surface area contributed by atoms with Crippen molar-refractivity contribution >= 4 is 33.1 Å². The van der Waals surface area contributed by atoms with Crippen LogP contribution in [0.25, 0.3) is 10.2 Å². The lowest BCUT2D eigenvalue weighted by Crippen LogP contribution is -2.39. The average molecular weight is 376 g/mol. The number of likely N-dealkylation sites (tertiary alicyclic amines) is 1. The van der Waals surface area contributed by atoms with Crippen LogP contribution in [0.5, 0.6) is 0 Å². The summed E-state index contributed by atoms with van der Waals surface area (Å²) in [5.41, 5.74) is 2.23. The Morgan fingerprint density at radius 1 is 1.26 bits per heavy atom. The minimum atomic E-state index is -0.0573. The number of nitrogens with zero attached hydrogens (tertiary/aromatic N) is 3. The van der Waals surface area contributed by atoms with Gasteiger partial charge in [0.05, 0.1) is 34.4 Å². The highest BCUT2D eigenvalue weighted by Gasteiger charge is 2.28. The molecule has 5 nitrogen and oxygen atoms in total. The molecular formula is C21H20N4OS. The first-order valence-electron chi connectivity index (χ1n) is 9.12. The van der Waals surface area contributed by atoms with Gasteiger partial charge in [0.2, 0.25) is 5.91 Å². The number of aromatic nitrogens is 1. The number of hydrogen-bond acceptors (Lipinski definition) is 5. The van der Waals surface area contributed by atoms with Crippen molar-refractivity contribution in [3.63, 3.8) is 0 Å². The van der Waals surface area contributed by atoms with Crippen LogP contribution in [0.1, 0.15) is 35.9 Å². The molecule has 27 heavy (non-hydrogen) atoms. The molecule has 1 amide bonds. The molecule has 4 rings (SSSR count). The van der Waals surface area contributed by atoms with Crippen LogP contribution >= 0.6 is 11.3 Å². The predicted molar refractivity (Wildman–Crippen MR) is 108 cm³/mol. The van der Waals surface area contributed by atoms with E-state index in [2.05, 4.69) is 22.4 Å². The van der Waals surface area contributed by atoms with Gasteiger partial charge in [0.1, 0.15) is 5.01 Å². The van der Waals surface area contributed by atoms with E-state index in [1.165, 1.54) is 4.70 Å². The number of carbonyl (C=O) groups excluding carboxylic acids is 1. The standard InChI is InChI=1S/C21H20N4OS/c22-13-15-6-5-7-16(12-15)23-20(26)14-25-11-4-3-9-18(25)21-24-17-8-1-2-10-19(17)27-21/h1-2,5-8,10,12,18H,3-4,9,11,14H2,(H,23,26)/t18-/m0/s1. The first-order chi connectivity index (χ1) is 13.2. The second-order valence-electron chi connectivity index (χ2n) is 6.74. The summed E-state index contributed by atoms with van der Waals surface area (Å²) in [5.74, 6) is -0.0573. The molecule has 0 aliphatic carbocycles. The maximum Gasteiger partial charge on any atom is 0.238 e. The van der Waals surface area contributed by atoms with Crippen molar-refractivity contribution in [1.82, 2.24) is 9.88 Å². The maximum absolute atomic E-state index is 12.6. The summed E-state index contributed by atoms with van der Waals surface area (Å²) < 4.78 is 1.19. The molecule has 3 aromatic rings. The number of carbonyl (C=O) groups is 1. The minimum absolute atomic E-state index is 0.0573. The zero-order chi connectivity index (χ0) is 18.6. The Morgan fingerprint density at radius 2 is 2.15 bits per heavy atom. The Labute approximate surface area is 162 Å². The molecule has 1 saturated heterocycles. The third-order valence-corrected chi connectivity index (χ3v) is 5.97. The van der Waals surface area contributed by atoms with Crippen LogP contribution in [0.4, 0.5) is 5.69 Å². The van der Waals surface area contributed by atoms with Gasteiger partial charge in [-0.15, -0.1) is 11.3 Å².